The number of hydrogen-bond acceptors (Lipinski definition) is 13. The molecule has 0 unspecified atom stereocenters. The topological polar surface area (TPSA) is 207 Å². The van der Waals surface area contributed by atoms with Crippen molar-refractivity contribution in [1.29, 1.82) is 0 Å². The predicted octanol–water partition coefficient (Wildman–Crippen LogP) is 0.0723. The van der Waals surface area contributed by atoms with Gasteiger partial charge in [0.15, 0.2) is 29.2 Å². The molecule has 6 N–H and O–H groups in total. The number of aliphatic hydroxyl groups is 2. The molecule has 1 aliphatic heterocycles. The monoisotopic (exact) mass is 510 g/mol. The Morgan fingerprint density at radius 3 is 2.81 bits per heavy atom. The summed E-state index contributed by atoms with van der Waals surface area (Å²) >= 11 is 0. The molecule has 4 aromatic rings. The molecule has 5 rings (SSSR count). The second kappa shape index (κ2) is 10.1. The van der Waals surface area contributed by atoms with Crippen molar-refractivity contribution in [2.45, 2.75) is 43.6 Å². The third-order valence-corrected chi connectivity index (χ3v) is 6.15. The highest BCUT2D eigenvalue weighted by Crippen LogP contribution is 2.43. The number of nitrogen functional groups attached to an aromatic ring is 1. The van der Waals surface area contributed by atoms with Crippen molar-refractivity contribution >= 4 is 29.4 Å². The van der Waals surface area contributed by atoms with Crippen LogP contribution in [0.5, 0.6) is 0 Å². The van der Waals surface area contributed by atoms with Gasteiger partial charge in [0.05, 0.1) is 19.3 Å². The standard InChI is InChI=1S/C23H26N8O6/c1-2-15-26-21(37-31-15)23(17(35-11-33)14(34)10-36-23)20-27-16-18(24)28-22(30-19(16)29-20)25-13(9-32)8-12-6-4-3-5-7-12/h3-7,11,13-14,17,32,34H,2,8-10H2,1H3,(H4,24,25,27,28,29,30)/t13-,14-,17+,23-/m0/s1. The van der Waals surface area contributed by atoms with E-state index in [9.17, 15) is 15.0 Å². The van der Waals surface area contributed by atoms with Crippen LogP contribution in [0.25, 0.3) is 11.2 Å². The van der Waals surface area contributed by atoms with Crippen LogP contribution in [0.3, 0.4) is 0 Å². The average molecular weight is 511 g/mol. The van der Waals surface area contributed by atoms with Gasteiger partial charge < -0.3 is 40.2 Å². The maximum absolute atomic E-state index is 11.3. The van der Waals surface area contributed by atoms with Gasteiger partial charge in [0.25, 0.3) is 12.4 Å². The van der Waals surface area contributed by atoms with Gasteiger partial charge in [-0.25, -0.2) is 4.98 Å². The number of aliphatic hydroxyl groups excluding tert-OH is 2. The van der Waals surface area contributed by atoms with Gasteiger partial charge in [-0.3, -0.25) is 4.79 Å². The largest absolute Gasteiger partial charge is 0.458 e. The Hall–Kier alpha value is -4.14. The maximum atomic E-state index is 11.3. The number of nitrogens with two attached hydrogens (primary N) is 1. The summed E-state index contributed by atoms with van der Waals surface area (Å²) in [5.74, 6) is 0.646. The third-order valence-electron chi connectivity index (χ3n) is 6.15. The van der Waals surface area contributed by atoms with Crippen molar-refractivity contribution < 1.29 is 29.0 Å². The predicted molar refractivity (Wildman–Crippen MR) is 128 cm³/mol. The van der Waals surface area contributed by atoms with Crippen LogP contribution in [0.15, 0.2) is 34.9 Å². The van der Waals surface area contributed by atoms with Crippen molar-refractivity contribution in [2.24, 2.45) is 0 Å². The number of imidazole rings is 1. The lowest BCUT2D eigenvalue weighted by molar-refractivity contribution is -0.147. The second-order valence-electron chi connectivity index (χ2n) is 8.57. The average Bonchev–Trinajstić information content (AvgIpc) is 3.63. The number of carbonyl (C=O) groups excluding carboxylic acids is 1. The van der Waals surface area contributed by atoms with Crippen molar-refractivity contribution in [2.75, 3.05) is 24.3 Å². The molecule has 0 bridgehead atoms. The van der Waals surface area contributed by atoms with Crippen molar-refractivity contribution in [1.82, 2.24) is 30.1 Å². The van der Waals surface area contributed by atoms with E-state index in [0.29, 0.717) is 18.7 Å². The molecule has 1 saturated heterocycles. The molecule has 3 aromatic heterocycles. The van der Waals surface area contributed by atoms with Gasteiger partial charge in [0.2, 0.25) is 11.5 Å². The fourth-order valence-corrected chi connectivity index (χ4v) is 4.34. The summed E-state index contributed by atoms with van der Waals surface area (Å²) in [5.41, 5.74) is 5.96. The minimum atomic E-state index is -1.73. The van der Waals surface area contributed by atoms with E-state index in [0.717, 1.165) is 5.56 Å². The Kier molecular flexibility index (Phi) is 6.69. The van der Waals surface area contributed by atoms with Crippen LogP contribution in [0, 0.1) is 0 Å². The first kappa shape index (κ1) is 24.5. The molecule has 0 radical (unpaired) electrons. The number of nitrogens with zero attached hydrogens (tertiary/aromatic N) is 5. The summed E-state index contributed by atoms with van der Waals surface area (Å²) in [6.07, 6.45) is -1.43. The first-order valence-corrected chi connectivity index (χ1v) is 11.7. The Morgan fingerprint density at radius 2 is 2.11 bits per heavy atom. The van der Waals surface area contributed by atoms with Crippen LogP contribution < -0.4 is 11.1 Å². The molecule has 14 nitrogen and oxygen atoms in total. The highest BCUT2D eigenvalue weighted by Gasteiger charge is 2.60. The molecular weight excluding hydrogens is 484 g/mol. The third kappa shape index (κ3) is 4.45. The van der Waals surface area contributed by atoms with Gasteiger partial charge in [0, 0.05) is 6.42 Å². The second-order valence-corrected chi connectivity index (χ2v) is 8.57. The number of fused-ring (bicyclic) bond motifs is 1. The summed E-state index contributed by atoms with van der Waals surface area (Å²) in [4.78, 5) is 31.9. The first-order valence-electron chi connectivity index (χ1n) is 11.7. The van der Waals surface area contributed by atoms with Crippen LogP contribution in [0.1, 0.15) is 30.0 Å². The number of anilines is 2. The van der Waals surface area contributed by atoms with Crippen LogP contribution >= 0.6 is 0 Å². The quantitative estimate of drug-likeness (QED) is 0.179. The molecule has 194 valence electrons. The highest BCUT2D eigenvalue weighted by molar-refractivity contribution is 5.83. The Morgan fingerprint density at radius 1 is 1.30 bits per heavy atom. The number of nitrogens with one attached hydrogen (secondary N) is 2. The molecule has 0 aliphatic carbocycles. The lowest BCUT2D eigenvalue weighted by atomic mass is 9.94. The van der Waals surface area contributed by atoms with E-state index >= 15 is 0 Å². The van der Waals surface area contributed by atoms with Crippen LogP contribution in [-0.4, -0.2) is 78.2 Å². The molecule has 1 fully saturated rings. The number of ether oxygens (including phenoxy) is 2. The number of aryl methyl sites for hydroxylation is 1. The number of H-pyrrole nitrogens is 1. The normalized spacial score (nSPS) is 22.2. The summed E-state index contributed by atoms with van der Waals surface area (Å²) in [6.45, 7) is 1.69. The lowest BCUT2D eigenvalue weighted by Crippen LogP contribution is -2.44. The van der Waals surface area contributed by atoms with Gasteiger partial charge in [0.1, 0.15) is 11.6 Å². The Bertz CT molecular complexity index is 1380. The van der Waals surface area contributed by atoms with Crippen molar-refractivity contribution in [3.05, 3.63) is 53.4 Å². The van der Waals surface area contributed by atoms with Gasteiger partial charge in [-0.15, -0.1) is 0 Å². The first-order chi connectivity index (χ1) is 18.0. The van der Waals surface area contributed by atoms with E-state index in [1.165, 1.54) is 0 Å². The van der Waals surface area contributed by atoms with Gasteiger partial charge in [-0.05, 0) is 12.0 Å². The van der Waals surface area contributed by atoms with E-state index in [4.69, 9.17) is 19.7 Å². The number of carbonyl (C=O) groups is 1. The minimum Gasteiger partial charge on any atom is -0.458 e. The zero-order chi connectivity index (χ0) is 26.0. The Balaban J connectivity index is 1.53. The zero-order valence-electron chi connectivity index (χ0n) is 19.9. The lowest BCUT2D eigenvalue weighted by Gasteiger charge is -2.27. The number of hydrogen-bond donors (Lipinski definition) is 5. The van der Waals surface area contributed by atoms with Gasteiger partial charge in [-0.2, -0.15) is 15.0 Å². The van der Waals surface area contributed by atoms with Crippen LogP contribution in [0.4, 0.5) is 11.8 Å². The van der Waals surface area contributed by atoms with Gasteiger partial charge in [-0.1, -0.05) is 42.4 Å². The number of benzene rings is 1. The molecule has 14 heteroatoms. The molecule has 4 heterocycles. The molecule has 1 aliphatic rings. The number of rotatable bonds is 10. The minimum absolute atomic E-state index is 0.0557. The summed E-state index contributed by atoms with van der Waals surface area (Å²) in [7, 11) is 0. The van der Waals surface area contributed by atoms with E-state index in [1.54, 1.807) is 0 Å². The summed E-state index contributed by atoms with van der Waals surface area (Å²) < 4.78 is 16.6. The van der Waals surface area contributed by atoms with Gasteiger partial charge >= 0.3 is 0 Å². The molecule has 37 heavy (non-hydrogen) atoms. The highest BCUT2D eigenvalue weighted by atomic mass is 16.6. The number of aromatic amines is 1. The SMILES string of the molecule is CCc1noc([C@]2(c3nc4nc(N[C@H](CO)Cc5ccccc5)nc(N)c4[nH]3)OC[C@H](O)[C@H]2OC=O)n1. The van der Waals surface area contributed by atoms with Crippen molar-refractivity contribution in [3.8, 4) is 0 Å². The summed E-state index contributed by atoms with van der Waals surface area (Å²) in [5, 5.41) is 27.4. The fourth-order valence-electron chi connectivity index (χ4n) is 4.34. The number of aromatic nitrogens is 6. The smallest absolute Gasteiger partial charge is 0.293 e. The van der Waals surface area contributed by atoms with Crippen molar-refractivity contribution in [3.63, 3.8) is 0 Å². The Labute approximate surface area is 210 Å². The molecule has 0 amide bonds. The molecule has 1 aromatic carbocycles. The molecule has 0 spiro atoms. The summed E-state index contributed by atoms with van der Waals surface area (Å²) in [6, 6.07) is 9.28. The molecule has 0 saturated carbocycles. The van der Waals surface area contributed by atoms with E-state index in [1.807, 2.05) is 37.3 Å². The zero-order valence-corrected chi connectivity index (χ0v) is 19.9. The van der Waals surface area contributed by atoms with E-state index in [-0.39, 0.29) is 60.4 Å². The van der Waals surface area contributed by atoms with Crippen LogP contribution in [0.2, 0.25) is 0 Å². The maximum Gasteiger partial charge on any atom is 0.293 e. The fraction of sp³-hybridized carbons (Fsp3) is 0.391. The van der Waals surface area contributed by atoms with E-state index < -0.39 is 17.8 Å². The molecular formula is C23H26N8O6. The molecule has 4 atom stereocenters. The van der Waals surface area contributed by atoms with Crippen LogP contribution in [-0.2, 0) is 32.7 Å². The van der Waals surface area contributed by atoms with E-state index in [2.05, 4.69) is 35.4 Å².